The molecule has 3 N–H and O–H groups in total. The molecule has 0 atom stereocenters. The molecular formula is C14H22N2O3S. The third-order valence-electron chi connectivity index (χ3n) is 2.88. The van der Waals surface area contributed by atoms with Crippen molar-refractivity contribution in [2.24, 2.45) is 5.73 Å². The van der Waals surface area contributed by atoms with Crippen molar-refractivity contribution in [3.8, 4) is 0 Å². The van der Waals surface area contributed by atoms with Gasteiger partial charge < -0.3 is 11.1 Å². The molecule has 1 amide bonds. The zero-order valence-corrected chi connectivity index (χ0v) is 12.6. The van der Waals surface area contributed by atoms with Gasteiger partial charge in [-0.15, -0.1) is 0 Å². The molecule has 0 fully saturated rings. The lowest BCUT2D eigenvalue weighted by molar-refractivity contribution is -0.113. The van der Waals surface area contributed by atoms with Crippen molar-refractivity contribution in [1.82, 2.24) is 0 Å². The van der Waals surface area contributed by atoms with E-state index in [0.717, 1.165) is 18.4 Å². The summed E-state index contributed by atoms with van der Waals surface area (Å²) in [6, 6.07) is 7.02. The van der Waals surface area contributed by atoms with E-state index in [-0.39, 0.29) is 5.75 Å². The average molecular weight is 298 g/mol. The van der Waals surface area contributed by atoms with Crippen molar-refractivity contribution in [3.05, 3.63) is 29.8 Å². The molecule has 0 unspecified atom stereocenters. The van der Waals surface area contributed by atoms with E-state index in [2.05, 4.69) is 5.32 Å². The van der Waals surface area contributed by atoms with Crippen molar-refractivity contribution in [3.63, 3.8) is 0 Å². The summed E-state index contributed by atoms with van der Waals surface area (Å²) in [4.78, 5) is 11.7. The third-order valence-corrected chi connectivity index (χ3v) is 4.50. The predicted molar refractivity (Wildman–Crippen MR) is 81.1 cm³/mol. The molecular weight excluding hydrogens is 276 g/mol. The monoisotopic (exact) mass is 298 g/mol. The van der Waals surface area contributed by atoms with E-state index in [1.165, 1.54) is 0 Å². The number of rotatable bonds is 8. The smallest absolute Gasteiger partial charge is 0.239 e. The molecule has 0 aliphatic heterocycles. The SMILES string of the molecule is CCCCCS(=O)(=O)CC(=O)Nc1ccc(CN)cc1. The van der Waals surface area contributed by atoms with Gasteiger partial charge in [0.15, 0.2) is 9.84 Å². The van der Waals surface area contributed by atoms with Gasteiger partial charge in [-0.25, -0.2) is 8.42 Å². The van der Waals surface area contributed by atoms with Gasteiger partial charge in [-0.3, -0.25) is 4.79 Å². The summed E-state index contributed by atoms with van der Waals surface area (Å²) in [6.45, 7) is 2.43. The van der Waals surface area contributed by atoms with Gasteiger partial charge in [0.2, 0.25) is 5.91 Å². The Kier molecular flexibility index (Phi) is 6.67. The molecule has 0 aliphatic rings. The van der Waals surface area contributed by atoms with Gasteiger partial charge >= 0.3 is 0 Å². The molecule has 1 aromatic carbocycles. The van der Waals surface area contributed by atoms with Gasteiger partial charge in [0, 0.05) is 12.2 Å². The first-order chi connectivity index (χ1) is 9.46. The van der Waals surface area contributed by atoms with Crippen molar-refractivity contribution in [2.45, 2.75) is 32.7 Å². The predicted octanol–water partition coefficient (Wildman–Crippen LogP) is 1.69. The average Bonchev–Trinajstić information content (AvgIpc) is 2.39. The van der Waals surface area contributed by atoms with Crippen LogP contribution < -0.4 is 11.1 Å². The lowest BCUT2D eigenvalue weighted by atomic mass is 10.2. The van der Waals surface area contributed by atoms with Crippen LogP contribution >= 0.6 is 0 Å². The van der Waals surface area contributed by atoms with Crippen LogP contribution in [0.5, 0.6) is 0 Å². The van der Waals surface area contributed by atoms with E-state index in [9.17, 15) is 13.2 Å². The molecule has 0 saturated heterocycles. The number of nitrogens with two attached hydrogens (primary N) is 1. The zero-order valence-electron chi connectivity index (χ0n) is 11.8. The molecule has 5 nitrogen and oxygen atoms in total. The summed E-state index contributed by atoms with van der Waals surface area (Å²) < 4.78 is 23.5. The molecule has 0 bridgehead atoms. The van der Waals surface area contributed by atoms with E-state index >= 15 is 0 Å². The number of carbonyl (C=O) groups excluding carboxylic acids is 1. The molecule has 0 aromatic heterocycles. The van der Waals surface area contributed by atoms with Crippen LogP contribution in [-0.2, 0) is 21.2 Å². The highest BCUT2D eigenvalue weighted by Crippen LogP contribution is 2.09. The molecule has 0 aliphatic carbocycles. The van der Waals surface area contributed by atoms with Gasteiger partial charge in [-0.05, 0) is 24.1 Å². The van der Waals surface area contributed by atoms with Crippen molar-refractivity contribution < 1.29 is 13.2 Å². The van der Waals surface area contributed by atoms with Crippen molar-refractivity contribution in [2.75, 3.05) is 16.8 Å². The van der Waals surface area contributed by atoms with Crippen molar-refractivity contribution >= 4 is 21.4 Å². The Hall–Kier alpha value is -1.40. The van der Waals surface area contributed by atoms with Gasteiger partial charge in [-0.1, -0.05) is 31.9 Å². The normalized spacial score (nSPS) is 11.3. The van der Waals surface area contributed by atoms with E-state index < -0.39 is 21.5 Å². The Morgan fingerprint density at radius 2 is 1.85 bits per heavy atom. The van der Waals surface area contributed by atoms with Crippen LogP contribution in [0.1, 0.15) is 31.7 Å². The first-order valence-electron chi connectivity index (χ1n) is 6.76. The van der Waals surface area contributed by atoms with Crippen LogP contribution in [-0.4, -0.2) is 25.8 Å². The minimum atomic E-state index is -3.32. The summed E-state index contributed by atoms with van der Waals surface area (Å²) in [5, 5.41) is 2.58. The minimum Gasteiger partial charge on any atom is -0.326 e. The second-order valence-corrected chi connectivity index (χ2v) is 6.93. The summed E-state index contributed by atoms with van der Waals surface area (Å²) in [7, 11) is -3.32. The van der Waals surface area contributed by atoms with E-state index in [0.29, 0.717) is 18.7 Å². The Labute approximate surface area is 120 Å². The fourth-order valence-electron chi connectivity index (χ4n) is 1.77. The largest absolute Gasteiger partial charge is 0.326 e. The second-order valence-electron chi connectivity index (χ2n) is 4.75. The number of anilines is 1. The highest BCUT2D eigenvalue weighted by atomic mass is 32.2. The lowest BCUT2D eigenvalue weighted by Gasteiger charge is -2.07. The van der Waals surface area contributed by atoms with Crippen LogP contribution in [0.15, 0.2) is 24.3 Å². The van der Waals surface area contributed by atoms with Gasteiger partial charge in [0.1, 0.15) is 5.75 Å². The molecule has 0 spiro atoms. The molecule has 6 heteroatoms. The topological polar surface area (TPSA) is 89.3 Å². The molecule has 20 heavy (non-hydrogen) atoms. The van der Waals surface area contributed by atoms with Crippen LogP contribution in [0.25, 0.3) is 0 Å². The number of carbonyl (C=O) groups is 1. The maximum absolute atomic E-state index is 11.7. The zero-order chi connectivity index (χ0) is 15.0. The number of benzene rings is 1. The molecule has 0 heterocycles. The maximum Gasteiger partial charge on any atom is 0.239 e. The third kappa shape index (κ3) is 6.16. The van der Waals surface area contributed by atoms with Gasteiger partial charge in [-0.2, -0.15) is 0 Å². The number of hydrogen-bond donors (Lipinski definition) is 2. The maximum atomic E-state index is 11.7. The lowest BCUT2D eigenvalue weighted by Crippen LogP contribution is -2.24. The van der Waals surface area contributed by atoms with E-state index in [1.54, 1.807) is 24.3 Å². The highest BCUT2D eigenvalue weighted by molar-refractivity contribution is 7.92. The summed E-state index contributed by atoms with van der Waals surface area (Å²) >= 11 is 0. The Morgan fingerprint density at radius 3 is 2.40 bits per heavy atom. The summed E-state index contributed by atoms with van der Waals surface area (Å²) in [5.41, 5.74) is 7.01. The summed E-state index contributed by atoms with van der Waals surface area (Å²) in [5.74, 6) is -0.891. The fraction of sp³-hybridized carbons (Fsp3) is 0.500. The number of unbranched alkanes of at least 4 members (excludes halogenated alkanes) is 2. The van der Waals surface area contributed by atoms with Gasteiger partial charge in [0.25, 0.3) is 0 Å². The molecule has 0 radical (unpaired) electrons. The Balaban J connectivity index is 2.49. The second kappa shape index (κ2) is 8.01. The minimum absolute atomic E-state index is 0.0698. The number of hydrogen-bond acceptors (Lipinski definition) is 4. The molecule has 0 saturated carbocycles. The van der Waals surface area contributed by atoms with Crippen LogP contribution in [0.4, 0.5) is 5.69 Å². The fourth-order valence-corrected chi connectivity index (χ4v) is 3.03. The molecule has 1 aromatic rings. The van der Waals surface area contributed by atoms with E-state index in [1.807, 2.05) is 6.92 Å². The molecule has 1 rings (SSSR count). The summed E-state index contributed by atoms with van der Waals surface area (Å²) in [6.07, 6.45) is 2.42. The van der Waals surface area contributed by atoms with Crippen LogP contribution in [0.3, 0.4) is 0 Å². The Morgan fingerprint density at radius 1 is 1.20 bits per heavy atom. The van der Waals surface area contributed by atoms with Gasteiger partial charge in [0.05, 0.1) is 5.75 Å². The quantitative estimate of drug-likeness (QED) is 0.715. The Bertz CT molecular complexity index is 524. The highest BCUT2D eigenvalue weighted by Gasteiger charge is 2.16. The van der Waals surface area contributed by atoms with Crippen LogP contribution in [0.2, 0.25) is 0 Å². The first-order valence-corrected chi connectivity index (χ1v) is 8.58. The molecule has 112 valence electrons. The van der Waals surface area contributed by atoms with Crippen molar-refractivity contribution in [1.29, 1.82) is 0 Å². The standard InChI is InChI=1S/C14H22N2O3S/c1-2-3-4-9-20(18,19)11-14(17)16-13-7-5-12(10-15)6-8-13/h5-8H,2-4,9-11,15H2,1H3,(H,16,17). The van der Waals surface area contributed by atoms with E-state index in [4.69, 9.17) is 5.73 Å². The first kappa shape index (κ1) is 16.7. The number of amides is 1. The van der Waals surface area contributed by atoms with Crippen LogP contribution in [0, 0.1) is 0 Å². The number of sulfone groups is 1. The number of nitrogens with one attached hydrogen (secondary N) is 1.